The van der Waals surface area contributed by atoms with E-state index in [2.05, 4.69) is 20.4 Å². The van der Waals surface area contributed by atoms with Gasteiger partial charge in [-0.15, -0.1) is 0 Å². The zero-order chi connectivity index (χ0) is 20.5. The van der Waals surface area contributed by atoms with E-state index in [0.717, 1.165) is 36.2 Å². The average molecular weight is 396 g/mol. The second-order valence-electron chi connectivity index (χ2n) is 7.66. The van der Waals surface area contributed by atoms with E-state index in [-0.39, 0.29) is 17.8 Å². The van der Waals surface area contributed by atoms with Gasteiger partial charge in [0, 0.05) is 56.9 Å². The first-order chi connectivity index (χ1) is 13.9. The Labute approximate surface area is 169 Å². The number of carbonyl (C=O) groups excluding carboxylic acids is 1. The number of rotatable bonds is 4. The topological polar surface area (TPSA) is 68.0 Å². The molecule has 2 aromatic heterocycles. The molecule has 1 atom stereocenters. The molecule has 7 nitrogen and oxygen atoms in total. The molecule has 4 rings (SSSR count). The van der Waals surface area contributed by atoms with Crippen LogP contribution in [0.15, 0.2) is 36.8 Å². The number of benzene rings is 1. The van der Waals surface area contributed by atoms with Crippen LogP contribution in [0.4, 0.5) is 10.1 Å². The Kier molecular flexibility index (Phi) is 5.08. The highest BCUT2D eigenvalue weighted by Crippen LogP contribution is 2.25. The van der Waals surface area contributed by atoms with Crippen molar-refractivity contribution in [2.24, 2.45) is 14.1 Å². The van der Waals surface area contributed by atoms with Gasteiger partial charge in [0.25, 0.3) is 5.91 Å². The second-order valence-corrected chi connectivity index (χ2v) is 7.66. The molecule has 1 aromatic carbocycles. The van der Waals surface area contributed by atoms with Gasteiger partial charge >= 0.3 is 0 Å². The van der Waals surface area contributed by atoms with Crippen LogP contribution in [0.1, 0.15) is 28.8 Å². The SMILES string of the molecule is Cc1cc(F)ccc1N1CCCC(NC(=O)c2cn(C)nc2-c2cnn(C)c2)C1. The zero-order valence-corrected chi connectivity index (χ0v) is 16.9. The van der Waals surface area contributed by atoms with Gasteiger partial charge in [-0.1, -0.05) is 0 Å². The molecule has 0 aliphatic carbocycles. The summed E-state index contributed by atoms with van der Waals surface area (Å²) < 4.78 is 16.8. The molecule has 152 valence electrons. The van der Waals surface area contributed by atoms with Crippen LogP contribution >= 0.6 is 0 Å². The monoisotopic (exact) mass is 396 g/mol. The second kappa shape index (κ2) is 7.69. The van der Waals surface area contributed by atoms with Crippen molar-refractivity contribution in [2.75, 3.05) is 18.0 Å². The highest BCUT2D eigenvalue weighted by atomic mass is 19.1. The molecule has 0 bridgehead atoms. The van der Waals surface area contributed by atoms with E-state index in [1.54, 1.807) is 34.9 Å². The lowest BCUT2D eigenvalue weighted by Crippen LogP contribution is -2.48. The summed E-state index contributed by atoms with van der Waals surface area (Å²) in [5.41, 5.74) is 3.90. The van der Waals surface area contributed by atoms with Crippen LogP contribution in [0, 0.1) is 12.7 Å². The molecule has 1 amide bonds. The lowest BCUT2D eigenvalue weighted by Gasteiger charge is -2.35. The van der Waals surface area contributed by atoms with E-state index >= 15 is 0 Å². The summed E-state index contributed by atoms with van der Waals surface area (Å²) in [7, 11) is 3.64. The minimum Gasteiger partial charge on any atom is -0.369 e. The van der Waals surface area contributed by atoms with E-state index in [4.69, 9.17) is 0 Å². The molecule has 0 spiro atoms. The molecular weight excluding hydrogens is 371 g/mol. The molecule has 1 fully saturated rings. The molecular formula is C21H25FN6O. The Morgan fingerprint density at radius 2 is 2.07 bits per heavy atom. The van der Waals surface area contributed by atoms with Crippen LogP contribution in [-0.4, -0.2) is 44.6 Å². The number of hydrogen-bond acceptors (Lipinski definition) is 4. The van der Waals surface area contributed by atoms with Crippen LogP contribution in [0.25, 0.3) is 11.3 Å². The maximum Gasteiger partial charge on any atom is 0.255 e. The number of halogens is 1. The predicted molar refractivity (Wildman–Crippen MR) is 109 cm³/mol. The number of amides is 1. The quantitative estimate of drug-likeness (QED) is 0.736. The van der Waals surface area contributed by atoms with Crippen LogP contribution in [-0.2, 0) is 14.1 Å². The molecule has 3 heterocycles. The van der Waals surface area contributed by atoms with Crippen molar-refractivity contribution in [1.29, 1.82) is 0 Å². The lowest BCUT2D eigenvalue weighted by atomic mass is 10.0. The van der Waals surface area contributed by atoms with E-state index in [0.29, 0.717) is 17.8 Å². The van der Waals surface area contributed by atoms with Crippen LogP contribution in [0.3, 0.4) is 0 Å². The number of carbonyl (C=O) groups is 1. The summed E-state index contributed by atoms with van der Waals surface area (Å²) in [6, 6.07) is 4.87. The van der Waals surface area contributed by atoms with Crippen LogP contribution in [0.2, 0.25) is 0 Å². The number of hydrogen-bond donors (Lipinski definition) is 1. The molecule has 1 saturated heterocycles. The summed E-state index contributed by atoms with van der Waals surface area (Å²) >= 11 is 0. The van der Waals surface area contributed by atoms with Gasteiger partial charge in [0.1, 0.15) is 11.5 Å². The minimum absolute atomic E-state index is 0.0163. The van der Waals surface area contributed by atoms with Crippen molar-refractivity contribution >= 4 is 11.6 Å². The number of nitrogens with zero attached hydrogens (tertiary/aromatic N) is 5. The molecule has 8 heteroatoms. The smallest absolute Gasteiger partial charge is 0.255 e. The summed E-state index contributed by atoms with van der Waals surface area (Å²) in [5.74, 6) is -0.368. The van der Waals surface area contributed by atoms with E-state index in [9.17, 15) is 9.18 Å². The molecule has 1 unspecified atom stereocenters. The molecule has 1 N–H and O–H groups in total. The molecule has 0 radical (unpaired) electrons. The molecule has 1 aliphatic heterocycles. The first-order valence-electron chi connectivity index (χ1n) is 9.75. The van der Waals surface area contributed by atoms with Crippen molar-refractivity contribution in [3.05, 3.63) is 53.7 Å². The number of aryl methyl sites for hydroxylation is 3. The molecule has 29 heavy (non-hydrogen) atoms. The third-order valence-corrected chi connectivity index (χ3v) is 5.31. The normalized spacial score (nSPS) is 16.8. The Morgan fingerprint density at radius 1 is 1.24 bits per heavy atom. The fourth-order valence-electron chi connectivity index (χ4n) is 3.96. The van der Waals surface area contributed by atoms with Crippen molar-refractivity contribution in [2.45, 2.75) is 25.8 Å². The van der Waals surface area contributed by atoms with Gasteiger partial charge in [-0.2, -0.15) is 10.2 Å². The van der Waals surface area contributed by atoms with Gasteiger partial charge in [-0.25, -0.2) is 4.39 Å². The molecule has 1 aliphatic rings. The third-order valence-electron chi connectivity index (χ3n) is 5.31. The van der Waals surface area contributed by atoms with Crippen molar-refractivity contribution < 1.29 is 9.18 Å². The maximum absolute atomic E-state index is 13.4. The largest absolute Gasteiger partial charge is 0.369 e. The first-order valence-corrected chi connectivity index (χ1v) is 9.75. The maximum atomic E-state index is 13.4. The Bertz CT molecular complexity index is 1040. The summed E-state index contributed by atoms with van der Waals surface area (Å²) in [5, 5.41) is 11.8. The minimum atomic E-state index is -0.229. The number of aromatic nitrogens is 4. The number of piperidine rings is 1. The number of anilines is 1. The van der Waals surface area contributed by atoms with Gasteiger partial charge in [-0.05, 0) is 43.5 Å². The third kappa shape index (κ3) is 4.01. The van der Waals surface area contributed by atoms with Crippen molar-refractivity contribution in [3.63, 3.8) is 0 Å². The standard InChI is InChI=1S/C21H25FN6O/c1-14-9-16(22)6-7-19(14)28-8-4-5-17(12-28)24-21(29)18-13-27(3)25-20(18)15-10-23-26(2)11-15/h6-7,9-11,13,17H,4-5,8,12H2,1-3H3,(H,24,29). The predicted octanol–water partition coefficient (Wildman–Crippen LogP) is 2.67. The Hall–Kier alpha value is -3.16. The molecule has 3 aromatic rings. The van der Waals surface area contributed by atoms with Crippen LogP contribution < -0.4 is 10.2 Å². The number of nitrogens with one attached hydrogen (secondary N) is 1. The van der Waals surface area contributed by atoms with Crippen molar-refractivity contribution in [3.8, 4) is 11.3 Å². The Balaban J connectivity index is 1.50. The van der Waals surface area contributed by atoms with E-state index in [1.807, 2.05) is 26.2 Å². The van der Waals surface area contributed by atoms with Gasteiger partial charge in [0.05, 0.1) is 11.8 Å². The van der Waals surface area contributed by atoms with Gasteiger partial charge in [0.2, 0.25) is 0 Å². The lowest BCUT2D eigenvalue weighted by molar-refractivity contribution is 0.0933. The van der Waals surface area contributed by atoms with Gasteiger partial charge in [0.15, 0.2) is 0 Å². The fourth-order valence-corrected chi connectivity index (χ4v) is 3.96. The average Bonchev–Trinajstić information content (AvgIpc) is 3.27. The van der Waals surface area contributed by atoms with Crippen molar-refractivity contribution in [1.82, 2.24) is 24.9 Å². The summed E-state index contributed by atoms with van der Waals surface area (Å²) in [6.45, 7) is 3.50. The molecule has 0 saturated carbocycles. The fraction of sp³-hybridized carbons (Fsp3) is 0.381. The van der Waals surface area contributed by atoms with Crippen LogP contribution in [0.5, 0.6) is 0 Å². The highest BCUT2D eigenvalue weighted by Gasteiger charge is 2.25. The Morgan fingerprint density at radius 3 is 2.79 bits per heavy atom. The van der Waals surface area contributed by atoms with E-state index in [1.165, 1.54) is 6.07 Å². The summed E-state index contributed by atoms with van der Waals surface area (Å²) in [4.78, 5) is 15.2. The van der Waals surface area contributed by atoms with E-state index < -0.39 is 0 Å². The van der Waals surface area contributed by atoms with Gasteiger partial charge in [-0.3, -0.25) is 14.2 Å². The summed E-state index contributed by atoms with van der Waals surface area (Å²) in [6.07, 6.45) is 7.16. The zero-order valence-electron chi connectivity index (χ0n) is 16.9. The van der Waals surface area contributed by atoms with Gasteiger partial charge < -0.3 is 10.2 Å². The highest BCUT2D eigenvalue weighted by molar-refractivity contribution is 5.99. The first kappa shape index (κ1) is 19.2.